The van der Waals surface area contributed by atoms with Crippen LogP contribution in [0.4, 0.5) is 5.69 Å². The van der Waals surface area contributed by atoms with Gasteiger partial charge in [-0.25, -0.2) is 8.42 Å². The van der Waals surface area contributed by atoms with Gasteiger partial charge in [-0.15, -0.1) is 11.3 Å². The molecule has 4 rings (SSSR count). The third-order valence-corrected chi connectivity index (χ3v) is 9.49. The van der Waals surface area contributed by atoms with Gasteiger partial charge in [0.15, 0.2) is 0 Å². The number of nitrogens with two attached hydrogens (primary N) is 1. The summed E-state index contributed by atoms with van der Waals surface area (Å²) in [5, 5.41) is 10.2. The van der Waals surface area contributed by atoms with Crippen LogP contribution in [0.5, 0.6) is 0 Å². The van der Waals surface area contributed by atoms with Crippen LogP contribution >= 0.6 is 22.9 Å². The van der Waals surface area contributed by atoms with E-state index in [-0.39, 0.29) is 22.7 Å². The number of nitrogens with zero attached hydrogens (tertiary/aromatic N) is 2. The molecular weight excluding hydrogens is 506 g/mol. The number of hydrazone groups is 1. The van der Waals surface area contributed by atoms with Crippen LogP contribution in [0.3, 0.4) is 0 Å². The molecule has 3 aromatic rings. The minimum atomic E-state index is -3.59. The van der Waals surface area contributed by atoms with Crippen molar-refractivity contribution in [1.29, 1.82) is 0 Å². The van der Waals surface area contributed by atoms with Gasteiger partial charge in [0.2, 0.25) is 0 Å². The second-order valence-electron chi connectivity index (χ2n) is 8.11. The standard InChI is InChI=1S/C24H26ClN5O3S2/c25-22-7-2-1-6-21(22)24(31)27-16-20-8-9-23(34-20)35(32,33)30-12-10-18(11-13-30)29-19-5-3-4-17(14-19)15-28-26/h1-9,14-15,18,29H,10-13,16,26H2,(H,27,31)/b28-15+. The first-order valence-electron chi connectivity index (χ1n) is 11.1. The van der Waals surface area contributed by atoms with Crippen molar-refractivity contribution in [2.75, 3.05) is 18.4 Å². The summed E-state index contributed by atoms with van der Waals surface area (Å²) in [6.45, 7) is 1.09. The SMILES string of the molecule is N/N=C/c1cccc(NC2CCN(S(=O)(=O)c3ccc(CNC(=O)c4ccccc4Cl)s3)CC2)c1. The quantitative estimate of drug-likeness (QED) is 0.231. The zero-order valence-electron chi connectivity index (χ0n) is 18.9. The minimum Gasteiger partial charge on any atom is -0.382 e. The Balaban J connectivity index is 1.32. The molecule has 0 aliphatic carbocycles. The highest BCUT2D eigenvalue weighted by Crippen LogP contribution is 2.28. The average molecular weight is 532 g/mol. The van der Waals surface area contributed by atoms with Crippen LogP contribution in [0.2, 0.25) is 5.02 Å². The highest BCUT2D eigenvalue weighted by Gasteiger charge is 2.30. The fourth-order valence-corrected chi connectivity index (χ4v) is 7.04. The first-order chi connectivity index (χ1) is 16.9. The molecule has 1 aliphatic heterocycles. The Morgan fingerprint density at radius 3 is 2.66 bits per heavy atom. The van der Waals surface area contributed by atoms with E-state index in [9.17, 15) is 13.2 Å². The van der Waals surface area contributed by atoms with Crippen molar-refractivity contribution in [3.63, 3.8) is 0 Å². The van der Waals surface area contributed by atoms with E-state index in [0.29, 0.717) is 36.5 Å². The molecule has 0 spiro atoms. The maximum absolute atomic E-state index is 13.2. The van der Waals surface area contributed by atoms with Gasteiger partial charge in [-0.2, -0.15) is 9.41 Å². The summed E-state index contributed by atoms with van der Waals surface area (Å²) >= 11 is 7.24. The lowest BCUT2D eigenvalue weighted by atomic mass is 10.1. The summed E-state index contributed by atoms with van der Waals surface area (Å²) in [7, 11) is -3.59. The van der Waals surface area contributed by atoms with Crippen LogP contribution in [0.15, 0.2) is 70.0 Å². The zero-order chi connectivity index (χ0) is 24.8. The van der Waals surface area contributed by atoms with Crippen LogP contribution in [0, 0.1) is 0 Å². The monoisotopic (exact) mass is 531 g/mol. The molecule has 35 heavy (non-hydrogen) atoms. The number of hydrogen-bond donors (Lipinski definition) is 3. The number of rotatable bonds is 8. The van der Waals surface area contributed by atoms with Crippen LogP contribution in [-0.2, 0) is 16.6 Å². The minimum absolute atomic E-state index is 0.172. The molecule has 1 aromatic heterocycles. The molecule has 4 N–H and O–H groups in total. The van der Waals surface area contributed by atoms with Gasteiger partial charge in [0.05, 0.1) is 23.3 Å². The molecule has 0 bridgehead atoms. The molecular formula is C24H26ClN5O3S2. The van der Waals surface area contributed by atoms with E-state index in [2.05, 4.69) is 15.7 Å². The predicted octanol–water partition coefficient (Wildman–Crippen LogP) is 3.89. The van der Waals surface area contributed by atoms with Gasteiger partial charge in [-0.05, 0) is 54.8 Å². The summed E-state index contributed by atoms with van der Waals surface area (Å²) in [4.78, 5) is 13.1. The Bertz CT molecular complexity index is 1320. The van der Waals surface area contributed by atoms with Gasteiger partial charge >= 0.3 is 0 Å². The number of benzene rings is 2. The van der Waals surface area contributed by atoms with Crippen molar-refractivity contribution in [2.24, 2.45) is 10.9 Å². The van der Waals surface area contributed by atoms with Gasteiger partial charge in [-0.1, -0.05) is 35.9 Å². The number of sulfonamides is 1. The molecule has 1 aliphatic rings. The van der Waals surface area contributed by atoms with Crippen LogP contribution in [0.1, 0.15) is 33.6 Å². The number of halogens is 1. The van der Waals surface area contributed by atoms with Crippen molar-refractivity contribution in [3.05, 3.63) is 81.7 Å². The summed E-state index contributed by atoms with van der Waals surface area (Å²) in [5.41, 5.74) is 2.23. The first-order valence-corrected chi connectivity index (χ1v) is 13.7. The number of carbonyl (C=O) groups excluding carboxylic acids is 1. The number of hydrogen-bond acceptors (Lipinski definition) is 7. The average Bonchev–Trinajstić information content (AvgIpc) is 3.34. The van der Waals surface area contributed by atoms with Crippen molar-refractivity contribution in [2.45, 2.75) is 29.6 Å². The fourth-order valence-electron chi connectivity index (χ4n) is 3.90. The van der Waals surface area contributed by atoms with E-state index in [1.165, 1.54) is 15.6 Å². The lowest BCUT2D eigenvalue weighted by Crippen LogP contribution is -2.42. The summed E-state index contributed by atoms with van der Waals surface area (Å²) in [5.74, 6) is 4.92. The van der Waals surface area contributed by atoms with Crippen molar-refractivity contribution >= 4 is 50.8 Å². The Hall–Kier alpha value is -2.92. The molecule has 11 heteroatoms. The first kappa shape index (κ1) is 25.2. The van der Waals surface area contributed by atoms with E-state index < -0.39 is 10.0 Å². The second-order valence-corrected chi connectivity index (χ2v) is 11.8. The molecule has 0 radical (unpaired) electrons. The number of piperidine rings is 1. The Morgan fingerprint density at radius 2 is 1.91 bits per heavy atom. The van der Waals surface area contributed by atoms with E-state index in [4.69, 9.17) is 17.4 Å². The number of nitrogens with one attached hydrogen (secondary N) is 2. The number of carbonyl (C=O) groups is 1. The van der Waals surface area contributed by atoms with E-state index in [1.807, 2.05) is 24.3 Å². The van der Waals surface area contributed by atoms with E-state index in [0.717, 1.165) is 16.1 Å². The summed E-state index contributed by atoms with van der Waals surface area (Å²) in [6, 6.07) is 18.1. The van der Waals surface area contributed by atoms with Gasteiger partial charge in [-0.3, -0.25) is 4.79 Å². The molecule has 0 unspecified atom stereocenters. The summed E-state index contributed by atoms with van der Waals surface area (Å²) in [6.07, 6.45) is 2.97. The Labute approximate surface area is 213 Å². The van der Waals surface area contributed by atoms with Crippen molar-refractivity contribution in [3.8, 4) is 0 Å². The fraction of sp³-hybridized carbons (Fsp3) is 0.250. The number of amides is 1. The maximum atomic E-state index is 13.2. The lowest BCUT2D eigenvalue weighted by molar-refractivity contribution is 0.0951. The van der Waals surface area contributed by atoms with Gasteiger partial charge in [0, 0.05) is 29.7 Å². The molecule has 1 fully saturated rings. The molecule has 1 amide bonds. The number of thiophene rings is 1. The van der Waals surface area contributed by atoms with Gasteiger partial charge in [0.25, 0.3) is 15.9 Å². The van der Waals surface area contributed by atoms with Crippen LogP contribution in [-0.4, -0.2) is 44.0 Å². The van der Waals surface area contributed by atoms with Gasteiger partial charge < -0.3 is 16.5 Å². The zero-order valence-corrected chi connectivity index (χ0v) is 21.2. The molecule has 2 heterocycles. The normalized spacial score (nSPS) is 15.3. The highest BCUT2D eigenvalue weighted by molar-refractivity contribution is 7.91. The smallest absolute Gasteiger partial charge is 0.253 e. The van der Waals surface area contributed by atoms with Gasteiger partial charge in [0.1, 0.15) is 4.21 Å². The largest absolute Gasteiger partial charge is 0.382 e. The molecule has 1 saturated heterocycles. The Morgan fingerprint density at radius 1 is 1.14 bits per heavy atom. The molecule has 184 valence electrons. The van der Waals surface area contributed by atoms with E-state index in [1.54, 1.807) is 42.6 Å². The number of anilines is 1. The molecule has 0 saturated carbocycles. The predicted molar refractivity (Wildman–Crippen MR) is 141 cm³/mol. The second kappa shape index (κ2) is 11.2. The maximum Gasteiger partial charge on any atom is 0.253 e. The highest BCUT2D eigenvalue weighted by atomic mass is 35.5. The topological polar surface area (TPSA) is 117 Å². The van der Waals surface area contributed by atoms with Crippen LogP contribution in [0.25, 0.3) is 0 Å². The van der Waals surface area contributed by atoms with Crippen molar-refractivity contribution < 1.29 is 13.2 Å². The molecule has 2 aromatic carbocycles. The molecule has 8 nitrogen and oxygen atoms in total. The Kier molecular flexibility index (Phi) is 8.07. The van der Waals surface area contributed by atoms with Crippen molar-refractivity contribution in [1.82, 2.24) is 9.62 Å². The lowest BCUT2D eigenvalue weighted by Gasteiger charge is -2.31. The third kappa shape index (κ3) is 6.21. The van der Waals surface area contributed by atoms with E-state index >= 15 is 0 Å². The molecule has 0 atom stereocenters. The third-order valence-electron chi connectivity index (χ3n) is 5.71. The summed E-state index contributed by atoms with van der Waals surface area (Å²) < 4.78 is 28.1. The van der Waals surface area contributed by atoms with Crippen LogP contribution < -0.4 is 16.5 Å².